The Morgan fingerprint density at radius 3 is 2.90 bits per heavy atom. The van der Waals surface area contributed by atoms with Gasteiger partial charge in [-0.1, -0.05) is 29.3 Å². The Labute approximate surface area is 193 Å². The zero-order valence-corrected chi connectivity index (χ0v) is 19.3. The molecule has 0 bridgehead atoms. The molecule has 3 aromatic rings. The van der Waals surface area contributed by atoms with E-state index in [0.717, 1.165) is 42.8 Å². The lowest BCUT2D eigenvalue weighted by molar-refractivity contribution is 0.480. The number of halogens is 2. The van der Waals surface area contributed by atoms with Gasteiger partial charge in [0.15, 0.2) is 0 Å². The van der Waals surface area contributed by atoms with E-state index in [0.29, 0.717) is 22.1 Å². The molecule has 2 aliphatic heterocycles. The Kier molecular flexibility index (Phi) is 6.11. The number of imidazole rings is 1. The second-order valence-corrected chi connectivity index (χ2v) is 9.64. The first-order chi connectivity index (χ1) is 15.1. The second-order valence-electron chi connectivity index (χ2n) is 8.80. The smallest absolute Gasteiger partial charge is 0.0964 e. The van der Waals surface area contributed by atoms with Crippen LogP contribution in [0.1, 0.15) is 37.8 Å². The average Bonchev–Trinajstić information content (AvgIpc) is 3.52. The van der Waals surface area contributed by atoms with E-state index in [9.17, 15) is 0 Å². The van der Waals surface area contributed by atoms with Crippen LogP contribution in [0.4, 0.5) is 5.69 Å². The van der Waals surface area contributed by atoms with Crippen molar-refractivity contribution >= 4 is 39.9 Å². The minimum Gasteiger partial charge on any atom is -0.370 e. The Morgan fingerprint density at radius 2 is 2.10 bits per heavy atom. The van der Waals surface area contributed by atoms with Gasteiger partial charge in [-0.3, -0.25) is 0 Å². The standard InChI is InChI=1S/C24H29Cl2N5/c1-16(21-6-4-17(25)11-22(21)26)31-15-29-23-7-5-20(12-24(23)31)30-10-8-19(14-30)28-13-18-3-2-9-27-18/h4-7,11-12,15-16,18-19,27-28H,2-3,8-10,13-14H2,1H3/t16-,18-,19?/m1/s1. The van der Waals surface area contributed by atoms with Crippen molar-refractivity contribution < 1.29 is 0 Å². The molecule has 2 fully saturated rings. The molecule has 0 aliphatic carbocycles. The number of aromatic nitrogens is 2. The minimum absolute atomic E-state index is 0.0666. The number of rotatable bonds is 6. The van der Waals surface area contributed by atoms with Crippen LogP contribution < -0.4 is 15.5 Å². The van der Waals surface area contributed by atoms with Crippen molar-refractivity contribution in [2.45, 2.75) is 44.3 Å². The predicted octanol–water partition coefficient (Wildman–Crippen LogP) is 4.87. The third-order valence-electron chi connectivity index (χ3n) is 6.76. The van der Waals surface area contributed by atoms with E-state index in [1.807, 2.05) is 18.5 Å². The Balaban J connectivity index is 1.33. The topological polar surface area (TPSA) is 45.1 Å². The Hall–Kier alpha value is -1.79. The van der Waals surface area contributed by atoms with Crippen molar-refractivity contribution in [1.82, 2.24) is 20.2 Å². The van der Waals surface area contributed by atoms with Gasteiger partial charge < -0.3 is 20.1 Å². The molecule has 1 unspecified atom stereocenters. The molecule has 1 aromatic heterocycles. The van der Waals surface area contributed by atoms with Gasteiger partial charge in [0.05, 0.1) is 23.4 Å². The molecule has 0 saturated carbocycles. The Morgan fingerprint density at radius 1 is 1.19 bits per heavy atom. The van der Waals surface area contributed by atoms with E-state index in [4.69, 9.17) is 23.2 Å². The first-order valence-corrected chi connectivity index (χ1v) is 12.0. The molecule has 2 N–H and O–H groups in total. The highest BCUT2D eigenvalue weighted by Crippen LogP contribution is 2.32. The molecule has 7 heteroatoms. The van der Waals surface area contributed by atoms with Crippen LogP contribution in [0.3, 0.4) is 0 Å². The van der Waals surface area contributed by atoms with E-state index >= 15 is 0 Å². The summed E-state index contributed by atoms with van der Waals surface area (Å²) in [5.41, 5.74) is 4.43. The first-order valence-electron chi connectivity index (χ1n) is 11.2. The zero-order valence-electron chi connectivity index (χ0n) is 17.8. The quantitative estimate of drug-likeness (QED) is 0.553. The van der Waals surface area contributed by atoms with Gasteiger partial charge in [0.2, 0.25) is 0 Å². The summed E-state index contributed by atoms with van der Waals surface area (Å²) in [7, 11) is 0. The third-order valence-corrected chi connectivity index (χ3v) is 7.32. The van der Waals surface area contributed by atoms with Crippen molar-refractivity contribution in [2.75, 3.05) is 31.1 Å². The highest BCUT2D eigenvalue weighted by Gasteiger charge is 2.25. The van der Waals surface area contributed by atoms with E-state index in [2.05, 4.69) is 50.2 Å². The van der Waals surface area contributed by atoms with Gasteiger partial charge in [-0.05, 0) is 68.6 Å². The first kappa shape index (κ1) is 21.1. The molecule has 2 saturated heterocycles. The lowest BCUT2D eigenvalue weighted by Crippen LogP contribution is -2.40. The van der Waals surface area contributed by atoms with Gasteiger partial charge >= 0.3 is 0 Å². The summed E-state index contributed by atoms with van der Waals surface area (Å²) in [5, 5.41) is 8.68. The molecule has 164 valence electrons. The molecule has 2 aliphatic rings. The molecule has 2 aromatic carbocycles. The van der Waals surface area contributed by atoms with Gasteiger partial charge in [0.1, 0.15) is 0 Å². The number of benzene rings is 2. The van der Waals surface area contributed by atoms with Crippen LogP contribution in [0.2, 0.25) is 10.0 Å². The van der Waals surface area contributed by atoms with Crippen molar-refractivity contribution in [3.05, 3.63) is 58.3 Å². The van der Waals surface area contributed by atoms with E-state index < -0.39 is 0 Å². The number of nitrogens with one attached hydrogen (secondary N) is 2. The van der Waals surface area contributed by atoms with Gasteiger partial charge in [-0.15, -0.1) is 0 Å². The van der Waals surface area contributed by atoms with Gasteiger partial charge in [0.25, 0.3) is 0 Å². The van der Waals surface area contributed by atoms with E-state index in [1.165, 1.54) is 24.9 Å². The van der Waals surface area contributed by atoms with E-state index in [-0.39, 0.29) is 6.04 Å². The fourth-order valence-electron chi connectivity index (χ4n) is 4.91. The molecule has 5 nitrogen and oxygen atoms in total. The molecular formula is C24H29Cl2N5. The second kappa shape index (κ2) is 8.99. The molecule has 3 atom stereocenters. The molecule has 0 amide bonds. The van der Waals surface area contributed by atoms with Crippen LogP contribution in [0.15, 0.2) is 42.7 Å². The molecule has 0 radical (unpaired) electrons. The highest BCUT2D eigenvalue weighted by atomic mass is 35.5. The van der Waals surface area contributed by atoms with Crippen LogP contribution >= 0.6 is 23.2 Å². The largest absolute Gasteiger partial charge is 0.370 e. The summed E-state index contributed by atoms with van der Waals surface area (Å²) in [4.78, 5) is 7.11. The molecule has 0 spiro atoms. The average molecular weight is 458 g/mol. The van der Waals surface area contributed by atoms with E-state index in [1.54, 1.807) is 6.07 Å². The maximum atomic E-state index is 6.48. The summed E-state index contributed by atoms with van der Waals surface area (Å²) in [6.45, 7) is 6.51. The lowest BCUT2D eigenvalue weighted by Gasteiger charge is -2.21. The fraction of sp³-hybridized carbons (Fsp3) is 0.458. The SMILES string of the molecule is C[C@H](c1ccc(Cl)cc1Cl)n1cnc2ccc(N3CCC(NC[C@H]4CCCN4)C3)cc21. The molecule has 5 rings (SSSR count). The van der Waals surface area contributed by atoms with Crippen LogP contribution in [-0.4, -0.2) is 47.8 Å². The van der Waals surface area contributed by atoms with Crippen molar-refractivity contribution in [1.29, 1.82) is 0 Å². The van der Waals surface area contributed by atoms with Crippen molar-refractivity contribution in [3.63, 3.8) is 0 Å². The summed E-state index contributed by atoms with van der Waals surface area (Å²) < 4.78 is 2.20. The molecule has 31 heavy (non-hydrogen) atoms. The van der Waals surface area contributed by atoms with Crippen LogP contribution in [0, 0.1) is 0 Å². The lowest BCUT2D eigenvalue weighted by atomic mass is 10.1. The Bertz CT molecular complexity index is 1060. The minimum atomic E-state index is 0.0666. The van der Waals surface area contributed by atoms with Crippen LogP contribution in [0.25, 0.3) is 11.0 Å². The summed E-state index contributed by atoms with van der Waals surface area (Å²) in [5.74, 6) is 0. The van der Waals surface area contributed by atoms with Crippen molar-refractivity contribution in [3.8, 4) is 0 Å². The van der Waals surface area contributed by atoms with Gasteiger partial charge in [-0.2, -0.15) is 0 Å². The van der Waals surface area contributed by atoms with Crippen molar-refractivity contribution in [2.24, 2.45) is 0 Å². The zero-order chi connectivity index (χ0) is 21.4. The molecule has 3 heterocycles. The summed E-state index contributed by atoms with van der Waals surface area (Å²) in [6.07, 6.45) is 5.68. The number of nitrogens with zero attached hydrogens (tertiary/aromatic N) is 3. The monoisotopic (exact) mass is 457 g/mol. The van der Waals surface area contributed by atoms with Gasteiger partial charge in [0, 0.05) is 47.5 Å². The number of fused-ring (bicyclic) bond motifs is 1. The maximum Gasteiger partial charge on any atom is 0.0964 e. The van der Waals surface area contributed by atoms with Crippen LogP contribution in [-0.2, 0) is 0 Å². The highest BCUT2D eigenvalue weighted by molar-refractivity contribution is 6.35. The summed E-state index contributed by atoms with van der Waals surface area (Å²) in [6, 6.07) is 13.5. The third kappa shape index (κ3) is 4.42. The predicted molar refractivity (Wildman–Crippen MR) is 130 cm³/mol. The number of hydrogen-bond donors (Lipinski definition) is 2. The maximum absolute atomic E-state index is 6.48. The van der Waals surface area contributed by atoms with Gasteiger partial charge in [-0.25, -0.2) is 4.98 Å². The fourth-order valence-corrected chi connectivity index (χ4v) is 5.48. The number of hydrogen-bond acceptors (Lipinski definition) is 4. The number of anilines is 1. The van der Waals surface area contributed by atoms with Crippen LogP contribution in [0.5, 0.6) is 0 Å². The normalized spacial score (nSPS) is 22.5. The summed E-state index contributed by atoms with van der Waals surface area (Å²) >= 11 is 12.6. The molecular weight excluding hydrogens is 429 g/mol.